The maximum absolute atomic E-state index is 6.20. The highest BCUT2D eigenvalue weighted by molar-refractivity contribution is 6.31. The fourth-order valence-corrected chi connectivity index (χ4v) is 2.73. The third kappa shape index (κ3) is 3.06. The van der Waals surface area contributed by atoms with Crippen LogP contribution in [0.3, 0.4) is 0 Å². The maximum Gasteiger partial charge on any atom is 0.134 e. The van der Waals surface area contributed by atoms with Crippen LogP contribution in [0, 0.1) is 0 Å². The Hall–Kier alpha value is -1.52. The smallest absolute Gasteiger partial charge is 0.134 e. The minimum Gasteiger partial charge on any atom is -0.459 e. The van der Waals surface area contributed by atoms with E-state index in [-0.39, 0.29) is 6.04 Å². The number of nitrogens with one attached hydrogen (secondary N) is 1. The molecule has 1 unspecified atom stereocenters. The lowest BCUT2D eigenvalue weighted by molar-refractivity contribution is 0.434. The van der Waals surface area contributed by atoms with Crippen LogP contribution in [0.4, 0.5) is 0 Å². The van der Waals surface area contributed by atoms with Crippen LogP contribution in [0.2, 0.25) is 10.0 Å². The zero-order valence-electron chi connectivity index (χ0n) is 11.1. The highest BCUT2D eigenvalue weighted by atomic mass is 35.5. The van der Waals surface area contributed by atoms with E-state index < -0.39 is 0 Å². The van der Waals surface area contributed by atoms with Gasteiger partial charge < -0.3 is 4.42 Å². The molecule has 0 radical (unpaired) electrons. The molecule has 0 fully saturated rings. The second kappa shape index (κ2) is 6.08. The van der Waals surface area contributed by atoms with Gasteiger partial charge in [0.1, 0.15) is 11.3 Å². The highest BCUT2D eigenvalue weighted by Crippen LogP contribution is 2.29. The van der Waals surface area contributed by atoms with E-state index in [1.165, 1.54) is 0 Å². The molecule has 0 aliphatic rings. The van der Waals surface area contributed by atoms with Crippen molar-refractivity contribution in [1.82, 2.24) is 5.43 Å². The number of nitrogens with two attached hydrogens (primary N) is 1. The number of furan rings is 1. The predicted molar refractivity (Wildman–Crippen MR) is 86.4 cm³/mol. The normalized spacial score (nSPS) is 12.7. The molecule has 5 heteroatoms. The molecule has 3 aromatic rings. The van der Waals surface area contributed by atoms with E-state index in [2.05, 4.69) is 5.43 Å². The largest absolute Gasteiger partial charge is 0.459 e. The molecule has 3 N–H and O–H groups in total. The topological polar surface area (TPSA) is 51.2 Å². The van der Waals surface area contributed by atoms with Crippen LogP contribution in [-0.2, 0) is 6.42 Å². The van der Waals surface area contributed by atoms with Crippen molar-refractivity contribution in [3.63, 3.8) is 0 Å². The van der Waals surface area contributed by atoms with Crippen molar-refractivity contribution in [2.24, 2.45) is 5.84 Å². The summed E-state index contributed by atoms with van der Waals surface area (Å²) in [5, 5.41) is 2.35. The molecule has 3 nitrogen and oxygen atoms in total. The average molecular weight is 321 g/mol. The Bertz CT molecular complexity index is 770. The Morgan fingerprint density at radius 3 is 2.67 bits per heavy atom. The summed E-state index contributed by atoms with van der Waals surface area (Å²) in [5.41, 5.74) is 4.58. The summed E-state index contributed by atoms with van der Waals surface area (Å²) < 4.78 is 5.84. The van der Waals surface area contributed by atoms with Gasteiger partial charge in [0, 0.05) is 15.4 Å². The van der Waals surface area contributed by atoms with Crippen LogP contribution in [0.15, 0.2) is 52.9 Å². The molecule has 0 saturated carbocycles. The van der Waals surface area contributed by atoms with Crippen molar-refractivity contribution in [3.8, 4) is 0 Å². The van der Waals surface area contributed by atoms with Crippen molar-refractivity contribution in [3.05, 3.63) is 69.9 Å². The van der Waals surface area contributed by atoms with E-state index in [0.717, 1.165) is 27.3 Å². The lowest BCUT2D eigenvalue weighted by atomic mass is 10.0. The SMILES string of the molecule is NNC(Cc1ccccc1Cl)c1cc2cc(Cl)ccc2o1. The summed E-state index contributed by atoms with van der Waals surface area (Å²) in [4.78, 5) is 0. The first-order valence-electron chi connectivity index (χ1n) is 6.56. The van der Waals surface area contributed by atoms with Crippen LogP contribution in [0.5, 0.6) is 0 Å². The molecule has 1 atom stereocenters. The van der Waals surface area contributed by atoms with Crippen molar-refractivity contribution >= 4 is 34.2 Å². The Morgan fingerprint density at radius 2 is 1.90 bits per heavy atom. The molecule has 0 bridgehead atoms. The van der Waals surface area contributed by atoms with Gasteiger partial charge in [0.05, 0.1) is 6.04 Å². The van der Waals surface area contributed by atoms with Gasteiger partial charge in [-0.15, -0.1) is 0 Å². The van der Waals surface area contributed by atoms with E-state index in [1.54, 1.807) is 6.07 Å². The Labute approximate surface area is 132 Å². The number of fused-ring (bicyclic) bond motifs is 1. The van der Waals surface area contributed by atoms with E-state index in [0.29, 0.717) is 11.4 Å². The standard InChI is InChI=1S/C16H14Cl2N2O/c17-12-5-6-15-11(7-12)9-16(21-15)14(20-19)8-10-3-1-2-4-13(10)18/h1-7,9,14,20H,8,19H2. The van der Waals surface area contributed by atoms with E-state index in [1.807, 2.05) is 42.5 Å². The molecule has 108 valence electrons. The molecular formula is C16H14Cl2N2O. The molecule has 3 rings (SSSR count). The second-order valence-electron chi connectivity index (χ2n) is 4.85. The number of hydrogen-bond acceptors (Lipinski definition) is 3. The lowest BCUT2D eigenvalue weighted by Crippen LogP contribution is -2.29. The highest BCUT2D eigenvalue weighted by Gasteiger charge is 2.17. The van der Waals surface area contributed by atoms with Gasteiger partial charge in [-0.1, -0.05) is 41.4 Å². The van der Waals surface area contributed by atoms with Crippen LogP contribution in [0.1, 0.15) is 17.4 Å². The molecule has 1 heterocycles. The van der Waals surface area contributed by atoms with Crippen molar-refractivity contribution in [1.29, 1.82) is 0 Å². The Morgan fingerprint density at radius 1 is 1.10 bits per heavy atom. The van der Waals surface area contributed by atoms with Gasteiger partial charge in [-0.05, 0) is 42.3 Å². The lowest BCUT2D eigenvalue weighted by Gasteiger charge is -2.14. The van der Waals surface area contributed by atoms with Crippen LogP contribution in [0.25, 0.3) is 11.0 Å². The van der Waals surface area contributed by atoms with Crippen molar-refractivity contribution in [2.75, 3.05) is 0 Å². The summed E-state index contributed by atoms with van der Waals surface area (Å²) in [6.45, 7) is 0. The molecule has 0 amide bonds. The van der Waals surface area contributed by atoms with Gasteiger partial charge in [-0.25, -0.2) is 5.43 Å². The number of hydrazine groups is 1. The van der Waals surface area contributed by atoms with Gasteiger partial charge in [0.25, 0.3) is 0 Å². The van der Waals surface area contributed by atoms with Gasteiger partial charge in [-0.3, -0.25) is 5.84 Å². The first-order chi connectivity index (χ1) is 10.2. The Balaban J connectivity index is 1.93. The molecule has 1 aromatic heterocycles. The van der Waals surface area contributed by atoms with Crippen LogP contribution in [-0.4, -0.2) is 0 Å². The summed E-state index contributed by atoms with van der Waals surface area (Å²) in [7, 11) is 0. The minimum atomic E-state index is -0.156. The molecule has 0 aliphatic carbocycles. The third-order valence-corrected chi connectivity index (χ3v) is 4.03. The average Bonchev–Trinajstić information content (AvgIpc) is 2.89. The van der Waals surface area contributed by atoms with Crippen LogP contribution < -0.4 is 11.3 Å². The van der Waals surface area contributed by atoms with Gasteiger partial charge in [0.2, 0.25) is 0 Å². The van der Waals surface area contributed by atoms with Gasteiger partial charge in [-0.2, -0.15) is 0 Å². The quantitative estimate of drug-likeness (QED) is 0.550. The fraction of sp³-hybridized carbons (Fsp3) is 0.125. The second-order valence-corrected chi connectivity index (χ2v) is 5.69. The number of halogens is 2. The summed E-state index contributed by atoms with van der Waals surface area (Å²) >= 11 is 12.2. The molecule has 21 heavy (non-hydrogen) atoms. The fourth-order valence-electron chi connectivity index (χ4n) is 2.33. The zero-order valence-corrected chi connectivity index (χ0v) is 12.7. The van der Waals surface area contributed by atoms with Crippen molar-refractivity contribution in [2.45, 2.75) is 12.5 Å². The number of hydrogen-bond donors (Lipinski definition) is 2. The third-order valence-electron chi connectivity index (χ3n) is 3.42. The maximum atomic E-state index is 6.20. The van der Waals surface area contributed by atoms with E-state index >= 15 is 0 Å². The first-order valence-corrected chi connectivity index (χ1v) is 7.31. The monoisotopic (exact) mass is 320 g/mol. The molecule has 0 saturated heterocycles. The summed E-state index contributed by atoms with van der Waals surface area (Å²) in [6, 6.07) is 15.0. The van der Waals surface area contributed by atoms with Crippen molar-refractivity contribution < 1.29 is 4.42 Å². The number of benzene rings is 2. The van der Waals surface area contributed by atoms with Gasteiger partial charge >= 0.3 is 0 Å². The molecule has 0 spiro atoms. The molecule has 0 aliphatic heterocycles. The van der Waals surface area contributed by atoms with E-state index in [4.69, 9.17) is 33.5 Å². The first kappa shape index (κ1) is 14.4. The molecular weight excluding hydrogens is 307 g/mol. The summed E-state index contributed by atoms with van der Waals surface area (Å²) in [6.07, 6.45) is 0.643. The number of rotatable bonds is 4. The Kier molecular flexibility index (Phi) is 4.17. The van der Waals surface area contributed by atoms with E-state index in [9.17, 15) is 0 Å². The molecule has 2 aromatic carbocycles. The van der Waals surface area contributed by atoms with Gasteiger partial charge in [0.15, 0.2) is 0 Å². The summed E-state index contributed by atoms with van der Waals surface area (Å²) in [5.74, 6) is 6.43. The van der Waals surface area contributed by atoms with Crippen LogP contribution >= 0.6 is 23.2 Å². The minimum absolute atomic E-state index is 0.156. The predicted octanol–water partition coefficient (Wildman–Crippen LogP) is 4.49. The zero-order chi connectivity index (χ0) is 14.8.